The first kappa shape index (κ1) is 19.8. The number of ketones is 1. The van der Waals surface area contributed by atoms with Crippen LogP contribution >= 0.6 is 0 Å². The second kappa shape index (κ2) is 10.6. The summed E-state index contributed by atoms with van der Waals surface area (Å²) in [6, 6.07) is 13.9. The molecular formula is C20H28N2O2. The van der Waals surface area contributed by atoms with Gasteiger partial charge in [0.1, 0.15) is 11.5 Å². The Balaban J connectivity index is 0.000000307. The zero-order valence-corrected chi connectivity index (χ0v) is 15.2. The van der Waals surface area contributed by atoms with Crippen LogP contribution in [0.15, 0.2) is 48.7 Å². The van der Waals surface area contributed by atoms with Crippen LogP contribution in [0, 0.1) is 0 Å². The van der Waals surface area contributed by atoms with E-state index in [-0.39, 0.29) is 17.9 Å². The number of rotatable bonds is 6. The fourth-order valence-electron chi connectivity index (χ4n) is 2.25. The fraction of sp³-hybridized carbons (Fsp3) is 0.400. The summed E-state index contributed by atoms with van der Waals surface area (Å²) < 4.78 is 5.76. The van der Waals surface area contributed by atoms with Crippen LogP contribution in [0.2, 0.25) is 0 Å². The molecule has 0 radical (unpaired) electrons. The minimum atomic E-state index is 0.0648. The summed E-state index contributed by atoms with van der Waals surface area (Å²) in [5.41, 5.74) is 1.98. The fourth-order valence-corrected chi connectivity index (χ4v) is 2.25. The Labute approximate surface area is 145 Å². The highest BCUT2D eigenvalue weighted by Gasteiger charge is 2.07. The average molecular weight is 328 g/mol. The van der Waals surface area contributed by atoms with Crippen LogP contribution < -0.4 is 10.1 Å². The first-order chi connectivity index (χ1) is 11.5. The van der Waals surface area contributed by atoms with Crippen LogP contribution in [0.1, 0.15) is 34.1 Å². The molecule has 1 N–H and O–H groups in total. The molecule has 24 heavy (non-hydrogen) atoms. The van der Waals surface area contributed by atoms with Crippen LogP contribution in [0.25, 0.3) is 11.3 Å². The number of hydrogen-bond donors (Lipinski definition) is 1. The number of para-hydroxylation sites is 1. The van der Waals surface area contributed by atoms with Gasteiger partial charge < -0.3 is 10.1 Å². The molecule has 0 bridgehead atoms. The van der Waals surface area contributed by atoms with E-state index in [2.05, 4.69) is 10.3 Å². The Hall–Kier alpha value is -2.20. The maximum Gasteiger partial charge on any atom is 0.146 e. The van der Waals surface area contributed by atoms with Gasteiger partial charge in [0.05, 0.1) is 17.8 Å². The van der Waals surface area contributed by atoms with Crippen molar-refractivity contribution in [3.05, 3.63) is 48.7 Å². The summed E-state index contributed by atoms with van der Waals surface area (Å²) in [7, 11) is 1.80. The second-order valence-electron chi connectivity index (χ2n) is 5.74. The van der Waals surface area contributed by atoms with Crippen molar-refractivity contribution in [1.82, 2.24) is 10.3 Å². The molecule has 0 saturated heterocycles. The van der Waals surface area contributed by atoms with Crippen LogP contribution in [0.4, 0.5) is 0 Å². The predicted molar refractivity (Wildman–Crippen MR) is 99.3 cm³/mol. The molecular weight excluding hydrogens is 300 g/mol. The number of likely N-dealkylation sites (N-methyl/N-ethyl adjacent to an activating group) is 1. The molecule has 2 aromatic rings. The van der Waals surface area contributed by atoms with Crippen molar-refractivity contribution in [2.75, 3.05) is 7.05 Å². The van der Waals surface area contributed by atoms with Crippen LogP contribution in [-0.4, -0.2) is 30.0 Å². The highest BCUT2D eigenvalue weighted by atomic mass is 16.5. The third kappa shape index (κ3) is 6.50. The summed E-state index contributed by atoms with van der Waals surface area (Å²) in [4.78, 5) is 14.9. The predicted octanol–water partition coefficient (Wildman–Crippen LogP) is 4.11. The molecule has 0 aliphatic carbocycles. The number of carbonyl (C=O) groups excluding carboxylic acids is 1. The number of nitrogens with one attached hydrogen (secondary N) is 1. The number of nitrogens with zero attached hydrogens (tertiary/aromatic N) is 1. The molecule has 0 aliphatic heterocycles. The van der Waals surface area contributed by atoms with E-state index in [0.29, 0.717) is 0 Å². The zero-order chi connectivity index (χ0) is 17.9. The minimum absolute atomic E-state index is 0.0648. The molecule has 0 unspecified atom stereocenters. The van der Waals surface area contributed by atoms with Crippen molar-refractivity contribution < 1.29 is 9.53 Å². The molecule has 1 atom stereocenters. The number of carbonyl (C=O) groups is 1. The standard InChI is InChI=1S/C14H15NO.C6H13NO/c1-11(2)16-14-9-4-3-7-12(14)13-8-5-6-10-15-13;1-4-6(7-3)5(2)8/h3-11H,1-2H3;6-7H,4H2,1-3H3/t;6-/m.0/s1. The van der Waals surface area contributed by atoms with E-state index >= 15 is 0 Å². The number of benzene rings is 1. The zero-order valence-electron chi connectivity index (χ0n) is 15.2. The van der Waals surface area contributed by atoms with Crippen LogP contribution in [-0.2, 0) is 4.79 Å². The molecule has 1 aromatic heterocycles. The quantitative estimate of drug-likeness (QED) is 0.867. The summed E-state index contributed by atoms with van der Waals surface area (Å²) in [6.45, 7) is 7.64. The molecule has 2 rings (SSSR count). The van der Waals surface area contributed by atoms with E-state index in [4.69, 9.17) is 4.74 Å². The Morgan fingerprint density at radius 1 is 1.17 bits per heavy atom. The number of pyridine rings is 1. The molecule has 0 fully saturated rings. The van der Waals surface area contributed by atoms with Crippen molar-refractivity contribution in [3.63, 3.8) is 0 Å². The second-order valence-corrected chi connectivity index (χ2v) is 5.74. The Kier molecular flexibility index (Phi) is 8.72. The minimum Gasteiger partial charge on any atom is -0.490 e. The van der Waals surface area contributed by atoms with Crippen molar-refractivity contribution in [3.8, 4) is 17.0 Å². The SMILES string of the molecule is CC(C)Oc1ccccc1-c1ccccn1.CC[C@H](NC)C(C)=O. The normalized spacial score (nSPS) is 11.4. The number of ether oxygens (including phenoxy) is 1. The summed E-state index contributed by atoms with van der Waals surface area (Å²) in [5.74, 6) is 1.10. The van der Waals surface area contributed by atoms with E-state index in [0.717, 1.165) is 23.4 Å². The van der Waals surface area contributed by atoms with Gasteiger partial charge in [0.2, 0.25) is 0 Å². The van der Waals surface area contributed by atoms with E-state index in [1.165, 1.54) is 0 Å². The molecule has 1 heterocycles. The maximum atomic E-state index is 10.5. The van der Waals surface area contributed by atoms with Gasteiger partial charge in [-0.3, -0.25) is 9.78 Å². The third-order valence-corrected chi connectivity index (χ3v) is 3.44. The van der Waals surface area contributed by atoms with Gasteiger partial charge in [-0.1, -0.05) is 25.1 Å². The van der Waals surface area contributed by atoms with Crippen molar-refractivity contribution in [1.29, 1.82) is 0 Å². The van der Waals surface area contributed by atoms with Gasteiger partial charge in [-0.15, -0.1) is 0 Å². The maximum absolute atomic E-state index is 10.5. The molecule has 0 aliphatic rings. The van der Waals surface area contributed by atoms with Crippen molar-refractivity contribution in [2.45, 2.75) is 46.3 Å². The molecule has 4 heteroatoms. The first-order valence-corrected chi connectivity index (χ1v) is 8.34. The lowest BCUT2D eigenvalue weighted by Crippen LogP contribution is -2.31. The Morgan fingerprint density at radius 3 is 2.29 bits per heavy atom. The summed E-state index contributed by atoms with van der Waals surface area (Å²) in [5, 5.41) is 2.90. The van der Waals surface area contributed by atoms with E-state index in [9.17, 15) is 4.79 Å². The van der Waals surface area contributed by atoms with E-state index < -0.39 is 0 Å². The van der Waals surface area contributed by atoms with Gasteiger partial charge >= 0.3 is 0 Å². The van der Waals surface area contributed by atoms with Gasteiger partial charge in [-0.05, 0) is 58.5 Å². The van der Waals surface area contributed by atoms with Gasteiger partial charge in [0, 0.05) is 11.8 Å². The lowest BCUT2D eigenvalue weighted by Gasteiger charge is -2.13. The molecule has 1 aromatic carbocycles. The number of Topliss-reactive ketones (excluding diaryl/α,β-unsaturated/α-hetero) is 1. The van der Waals surface area contributed by atoms with Gasteiger partial charge in [0.25, 0.3) is 0 Å². The Bertz CT molecular complexity index is 608. The third-order valence-electron chi connectivity index (χ3n) is 3.44. The molecule has 0 amide bonds. The smallest absolute Gasteiger partial charge is 0.146 e. The molecule has 130 valence electrons. The topological polar surface area (TPSA) is 51.2 Å². The Morgan fingerprint density at radius 2 is 1.83 bits per heavy atom. The van der Waals surface area contributed by atoms with Gasteiger partial charge in [-0.25, -0.2) is 0 Å². The summed E-state index contributed by atoms with van der Waals surface area (Å²) in [6.07, 6.45) is 2.85. The van der Waals surface area contributed by atoms with Gasteiger partial charge in [0.15, 0.2) is 0 Å². The highest BCUT2D eigenvalue weighted by Crippen LogP contribution is 2.28. The molecule has 0 saturated carbocycles. The lowest BCUT2D eigenvalue weighted by atomic mass is 10.1. The van der Waals surface area contributed by atoms with Crippen molar-refractivity contribution >= 4 is 5.78 Å². The monoisotopic (exact) mass is 328 g/mol. The van der Waals surface area contributed by atoms with E-state index in [1.807, 2.05) is 63.2 Å². The summed E-state index contributed by atoms with van der Waals surface area (Å²) >= 11 is 0. The number of aromatic nitrogens is 1. The molecule has 4 nitrogen and oxygen atoms in total. The van der Waals surface area contributed by atoms with Crippen LogP contribution in [0.5, 0.6) is 5.75 Å². The lowest BCUT2D eigenvalue weighted by molar-refractivity contribution is -0.118. The van der Waals surface area contributed by atoms with E-state index in [1.54, 1.807) is 20.2 Å². The van der Waals surface area contributed by atoms with Crippen molar-refractivity contribution in [2.24, 2.45) is 0 Å². The highest BCUT2D eigenvalue weighted by molar-refractivity contribution is 5.81. The van der Waals surface area contributed by atoms with Crippen LogP contribution in [0.3, 0.4) is 0 Å². The number of hydrogen-bond acceptors (Lipinski definition) is 4. The molecule has 0 spiro atoms. The average Bonchev–Trinajstić information content (AvgIpc) is 2.57. The first-order valence-electron chi connectivity index (χ1n) is 8.34. The largest absolute Gasteiger partial charge is 0.490 e. The van der Waals surface area contributed by atoms with Gasteiger partial charge in [-0.2, -0.15) is 0 Å².